The molecule has 2 aromatic heterocycles. The molecule has 0 aromatic carbocycles. The van der Waals surface area contributed by atoms with Gasteiger partial charge in [-0.3, -0.25) is 4.79 Å². The average Bonchev–Trinajstić information content (AvgIpc) is 3.39. The fourth-order valence-corrected chi connectivity index (χ4v) is 5.68. The molecular weight excluding hydrogens is 346 g/mol. The maximum absolute atomic E-state index is 12.3. The van der Waals surface area contributed by atoms with E-state index in [0.717, 1.165) is 36.6 Å². The number of carbonyl (C=O) groups excluding carboxylic acids is 1. The minimum Gasteiger partial charge on any atom is -0.369 e. The number of fused-ring (bicyclic) bond motifs is 1. The molecule has 5 heterocycles. The molecule has 5 nitrogen and oxygen atoms in total. The van der Waals surface area contributed by atoms with Crippen LogP contribution in [-0.2, 0) is 4.74 Å². The standard InChI is InChI=1S/C20H23N3O2S/c1-13-5-7-21-18(9-13)23-11-15-14(16-4-6-20(15,12-23)25-16)10-22-19(24)17-3-2-8-26-17/h2-3,5,7-9,14-16H,4,6,10-12H2,1H3,(H,22,24)/t14-,15+,16+,20+/m0/s1. The lowest BCUT2D eigenvalue weighted by molar-refractivity contribution is 0.0141. The molecule has 1 amide bonds. The van der Waals surface area contributed by atoms with Crippen LogP contribution < -0.4 is 10.2 Å². The number of thiophene rings is 1. The third-order valence-electron chi connectivity index (χ3n) is 6.25. The maximum atomic E-state index is 12.3. The lowest BCUT2D eigenvalue weighted by Gasteiger charge is -2.29. The molecule has 3 fully saturated rings. The lowest BCUT2D eigenvalue weighted by Crippen LogP contribution is -2.41. The molecule has 26 heavy (non-hydrogen) atoms. The number of amides is 1. The number of rotatable bonds is 4. The molecule has 3 aliphatic rings. The highest BCUT2D eigenvalue weighted by molar-refractivity contribution is 7.12. The molecule has 1 N–H and O–H groups in total. The second-order valence-corrected chi connectivity index (χ2v) is 8.74. The summed E-state index contributed by atoms with van der Waals surface area (Å²) in [6.45, 7) is 4.68. The van der Waals surface area contributed by atoms with Gasteiger partial charge in [0, 0.05) is 37.7 Å². The van der Waals surface area contributed by atoms with E-state index in [-0.39, 0.29) is 17.6 Å². The van der Waals surface area contributed by atoms with E-state index in [1.165, 1.54) is 16.9 Å². The van der Waals surface area contributed by atoms with Crippen molar-refractivity contribution in [1.82, 2.24) is 10.3 Å². The van der Waals surface area contributed by atoms with Crippen molar-refractivity contribution in [3.63, 3.8) is 0 Å². The first kappa shape index (κ1) is 16.3. The van der Waals surface area contributed by atoms with E-state index < -0.39 is 0 Å². The highest BCUT2D eigenvalue weighted by Gasteiger charge is 2.63. The zero-order valence-electron chi connectivity index (χ0n) is 14.9. The summed E-state index contributed by atoms with van der Waals surface area (Å²) in [5.41, 5.74) is 1.18. The summed E-state index contributed by atoms with van der Waals surface area (Å²) in [7, 11) is 0. The van der Waals surface area contributed by atoms with Gasteiger partial charge in [-0.25, -0.2) is 4.98 Å². The van der Waals surface area contributed by atoms with Gasteiger partial charge in [-0.1, -0.05) is 6.07 Å². The van der Waals surface area contributed by atoms with Crippen molar-refractivity contribution in [3.8, 4) is 0 Å². The molecule has 0 unspecified atom stereocenters. The molecule has 3 aliphatic heterocycles. The Kier molecular flexibility index (Phi) is 3.79. The zero-order valence-corrected chi connectivity index (χ0v) is 15.7. The quantitative estimate of drug-likeness (QED) is 0.900. The molecule has 0 saturated carbocycles. The van der Waals surface area contributed by atoms with Gasteiger partial charge in [0.15, 0.2) is 0 Å². The Bertz CT molecular complexity index is 824. The molecule has 5 rings (SSSR count). The van der Waals surface area contributed by atoms with Crippen LogP contribution in [0.3, 0.4) is 0 Å². The topological polar surface area (TPSA) is 54.5 Å². The predicted octanol–water partition coefficient (Wildman–Crippen LogP) is 2.87. The molecule has 6 heteroatoms. The monoisotopic (exact) mass is 369 g/mol. The molecular formula is C20H23N3O2S. The van der Waals surface area contributed by atoms with Crippen molar-refractivity contribution in [2.24, 2.45) is 11.8 Å². The largest absolute Gasteiger partial charge is 0.369 e. The van der Waals surface area contributed by atoms with Gasteiger partial charge >= 0.3 is 0 Å². The van der Waals surface area contributed by atoms with Crippen LogP contribution in [0.2, 0.25) is 0 Å². The van der Waals surface area contributed by atoms with Gasteiger partial charge < -0.3 is 15.0 Å². The molecule has 0 radical (unpaired) electrons. The van der Waals surface area contributed by atoms with Gasteiger partial charge in [0.1, 0.15) is 5.82 Å². The maximum Gasteiger partial charge on any atom is 0.261 e. The Balaban J connectivity index is 1.31. The Morgan fingerprint density at radius 1 is 1.50 bits per heavy atom. The first-order chi connectivity index (χ1) is 12.6. The van der Waals surface area contributed by atoms with Crippen LogP contribution in [0.15, 0.2) is 35.8 Å². The third kappa shape index (κ3) is 2.55. The second kappa shape index (κ2) is 6.06. The molecule has 3 saturated heterocycles. The van der Waals surface area contributed by atoms with Gasteiger partial charge in [0.25, 0.3) is 5.91 Å². The number of pyridine rings is 1. The number of hydrogen-bond donors (Lipinski definition) is 1. The van der Waals surface area contributed by atoms with Crippen molar-refractivity contribution < 1.29 is 9.53 Å². The van der Waals surface area contributed by atoms with E-state index in [1.807, 2.05) is 29.8 Å². The average molecular weight is 369 g/mol. The summed E-state index contributed by atoms with van der Waals surface area (Å²) >= 11 is 1.49. The first-order valence-electron chi connectivity index (χ1n) is 9.32. The SMILES string of the molecule is Cc1ccnc(N2C[C@@H]3[C@H](CNC(=O)c4cccs4)[C@H]4CC[C@]3(C2)O4)c1. The van der Waals surface area contributed by atoms with E-state index in [0.29, 0.717) is 18.4 Å². The fourth-order valence-electron chi connectivity index (χ4n) is 5.04. The number of hydrogen-bond acceptors (Lipinski definition) is 5. The minimum atomic E-state index is -0.0472. The molecule has 136 valence electrons. The number of carbonyl (C=O) groups is 1. The van der Waals surface area contributed by atoms with E-state index in [2.05, 4.69) is 28.2 Å². The summed E-state index contributed by atoms with van der Waals surface area (Å²) in [5.74, 6) is 1.93. The second-order valence-electron chi connectivity index (χ2n) is 7.79. The van der Waals surface area contributed by atoms with Crippen LogP contribution in [0.1, 0.15) is 28.1 Å². The van der Waals surface area contributed by atoms with Gasteiger partial charge in [-0.05, 0) is 48.9 Å². The molecule has 0 aliphatic carbocycles. The van der Waals surface area contributed by atoms with Crippen molar-refractivity contribution >= 4 is 23.1 Å². The highest BCUT2D eigenvalue weighted by Crippen LogP contribution is 2.55. The smallest absolute Gasteiger partial charge is 0.261 e. The van der Waals surface area contributed by atoms with Crippen molar-refractivity contribution in [2.75, 3.05) is 24.5 Å². The summed E-state index contributed by atoms with van der Waals surface area (Å²) < 4.78 is 6.48. The molecule has 1 spiro atoms. The number of aryl methyl sites for hydroxylation is 1. The molecule has 2 bridgehead atoms. The van der Waals surface area contributed by atoms with Gasteiger partial charge in [-0.15, -0.1) is 11.3 Å². The number of nitrogens with zero attached hydrogens (tertiary/aromatic N) is 2. The zero-order chi connectivity index (χ0) is 17.7. The molecule has 4 atom stereocenters. The van der Waals surface area contributed by atoms with Gasteiger partial charge in [-0.2, -0.15) is 0 Å². The van der Waals surface area contributed by atoms with Crippen molar-refractivity contribution in [3.05, 3.63) is 46.3 Å². The summed E-state index contributed by atoms with van der Waals surface area (Å²) in [6.07, 6.45) is 4.40. The van der Waals surface area contributed by atoms with Crippen LogP contribution in [0, 0.1) is 18.8 Å². The number of anilines is 1. The Labute approximate surface area is 157 Å². The predicted molar refractivity (Wildman–Crippen MR) is 102 cm³/mol. The van der Waals surface area contributed by atoms with Crippen LogP contribution in [0.25, 0.3) is 0 Å². The summed E-state index contributed by atoms with van der Waals surface area (Å²) in [4.78, 5) is 20.0. The van der Waals surface area contributed by atoms with Crippen LogP contribution in [0.5, 0.6) is 0 Å². The number of nitrogens with one attached hydrogen (secondary N) is 1. The number of aromatic nitrogens is 1. The van der Waals surface area contributed by atoms with E-state index in [4.69, 9.17) is 4.74 Å². The third-order valence-corrected chi connectivity index (χ3v) is 7.12. The molecule has 2 aromatic rings. The summed E-state index contributed by atoms with van der Waals surface area (Å²) in [6, 6.07) is 7.97. The van der Waals surface area contributed by atoms with Crippen LogP contribution in [0.4, 0.5) is 5.82 Å². The summed E-state index contributed by atoms with van der Waals surface area (Å²) in [5, 5.41) is 5.08. The fraction of sp³-hybridized carbons (Fsp3) is 0.500. The minimum absolute atomic E-state index is 0.0343. The Morgan fingerprint density at radius 3 is 3.23 bits per heavy atom. The first-order valence-corrected chi connectivity index (χ1v) is 10.2. The van der Waals surface area contributed by atoms with Crippen LogP contribution >= 0.6 is 11.3 Å². The number of ether oxygens (including phenoxy) is 1. The van der Waals surface area contributed by atoms with Gasteiger partial charge in [0.2, 0.25) is 0 Å². The van der Waals surface area contributed by atoms with Gasteiger partial charge in [0.05, 0.1) is 16.6 Å². The van der Waals surface area contributed by atoms with Crippen molar-refractivity contribution in [2.45, 2.75) is 31.5 Å². The Morgan fingerprint density at radius 2 is 2.42 bits per heavy atom. The lowest BCUT2D eigenvalue weighted by atomic mass is 9.73. The Hall–Kier alpha value is -1.92. The van der Waals surface area contributed by atoms with E-state index in [9.17, 15) is 4.79 Å². The van der Waals surface area contributed by atoms with E-state index >= 15 is 0 Å². The van der Waals surface area contributed by atoms with Crippen LogP contribution in [-0.4, -0.2) is 42.2 Å². The van der Waals surface area contributed by atoms with Crippen molar-refractivity contribution in [1.29, 1.82) is 0 Å². The highest BCUT2D eigenvalue weighted by atomic mass is 32.1. The van der Waals surface area contributed by atoms with E-state index in [1.54, 1.807) is 0 Å². The normalized spacial score (nSPS) is 32.0.